The number of benzene rings is 2. The molecule has 12 heteroatoms. The van der Waals surface area contributed by atoms with Crippen molar-refractivity contribution >= 4 is 23.6 Å². The summed E-state index contributed by atoms with van der Waals surface area (Å²) in [6.45, 7) is 8.15. The van der Waals surface area contributed by atoms with Crippen molar-refractivity contribution < 1.29 is 29.0 Å². The second-order valence-corrected chi connectivity index (χ2v) is 12.0. The molecular weight excluding hydrogens is 588 g/mol. The van der Waals surface area contributed by atoms with E-state index in [0.29, 0.717) is 18.7 Å². The molecule has 0 aliphatic carbocycles. The largest absolute Gasteiger partial charge is 0.508 e. The van der Waals surface area contributed by atoms with Crippen LogP contribution in [-0.2, 0) is 34.3 Å². The lowest BCUT2D eigenvalue weighted by Gasteiger charge is -2.26. The lowest BCUT2D eigenvalue weighted by atomic mass is 10.0. The fraction of sp³-hybridized carbons (Fsp3) is 0.441. The molecule has 0 spiro atoms. The number of nitrogens with one attached hydrogen (secondary N) is 4. The summed E-state index contributed by atoms with van der Waals surface area (Å²) in [4.78, 5) is 53.8. The number of nitrogens with zero attached hydrogens (tertiary/aromatic N) is 2. The molecule has 2 aromatic carbocycles. The number of fused-ring (bicyclic) bond motifs is 1. The normalized spacial score (nSPS) is 19.5. The average molecular weight is 633 g/mol. The van der Waals surface area contributed by atoms with Crippen LogP contribution < -0.4 is 26.0 Å². The topological polar surface area (TPSA) is 164 Å². The number of ether oxygens (including phenoxy) is 1. The van der Waals surface area contributed by atoms with Crippen LogP contribution in [-0.4, -0.2) is 69.8 Å². The van der Waals surface area contributed by atoms with Gasteiger partial charge in [-0.25, -0.2) is 0 Å². The summed E-state index contributed by atoms with van der Waals surface area (Å²) in [6, 6.07) is 10.7. The third kappa shape index (κ3) is 8.86. The van der Waals surface area contributed by atoms with Crippen molar-refractivity contribution in [3.63, 3.8) is 0 Å². The van der Waals surface area contributed by atoms with Crippen LogP contribution in [0.2, 0.25) is 0 Å². The Bertz CT molecular complexity index is 1550. The number of aromatic hydroxyl groups is 1. The van der Waals surface area contributed by atoms with E-state index in [9.17, 15) is 24.3 Å². The third-order valence-electron chi connectivity index (χ3n) is 8.33. The van der Waals surface area contributed by atoms with Gasteiger partial charge < -0.3 is 31.1 Å². The molecule has 4 amide bonds. The van der Waals surface area contributed by atoms with E-state index in [-0.39, 0.29) is 43.1 Å². The Labute approximate surface area is 269 Å². The highest BCUT2D eigenvalue weighted by Crippen LogP contribution is 2.20. The molecule has 0 unspecified atom stereocenters. The highest BCUT2D eigenvalue weighted by molar-refractivity contribution is 5.99. The van der Waals surface area contributed by atoms with Crippen LogP contribution >= 0.6 is 0 Å². The van der Waals surface area contributed by atoms with Crippen molar-refractivity contribution in [3.05, 3.63) is 76.6 Å². The predicted molar refractivity (Wildman–Crippen MR) is 172 cm³/mol. The SMILES string of the molecule is Cc1nn(C)c(C)c1CCNC(=O)[C@@H]1CCC(=O)N[C@@H](Cc2ccc(O)cc2)C(=O)N[C@H](C(C)C)COc2ccccc2C(=O)N1. The van der Waals surface area contributed by atoms with Crippen LogP contribution in [0.1, 0.15) is 59.6 Å². The first-order valence-corrected chi connectivity index (χ1v) is 15.6. The summed E-state index contributed by atoms with van der Waals surface area (Å²) in [6.07, 6.45) is 0.615. The number of amides is 4. The van der Waals surface area contributed by atoms with E-state index in [1.807, 2.05) is 34.7 Å². The minimum Gasteiger partial charge on any atom is -0.508 e. The van der Waals surface area contributed by atoms with Gasteiger partial charge in [0.25, 0.3) is 5.91 Å². The standard InChI is InChI=1S/C34H44N6O6/c1-20(2)29-19-46-30-9-7-6-8-26(30)32(43)37-27(33(44)35-17-16-25-21(3)39-40(5)22(25)4)14-15-31(42)36-28(34(45)38-29)18-23-10-12-24(41)13-11-23/h6-13,20,27-29,41H,14-19H2,1-5H3,(H,35,44)(H,36,42)(H,37,43)(H,38,45)/t27-,28-,29-/m0/s1. The fourth-order valence-electron chi connectivity index (χ4n) is 5.38. The predicted octanol–water partition coefficient (Wildman–Crippen LogP) is 2.24. The Morgan fingerprint density at radius 2 is 1.78 bits per heavy atom. The second-order valence-electron chi connectivity index (χ2n) is 12.0. The molecule has 3 atom stereocenters. The van der Waals surface area contributed by atoms with Gasteiger partial charge in [0.2, 0.25) is 17.7 Å². The number of phenols is 1. The van der Waals surface area contributed by atoms with E-state index in [4.69, 9.17) is 4.74 Å². The first-order chi connectivity index (χ1) is 21.9. The van der Waals surface area contributed by atoms with E-state index < -0.39 is 41.8 Å². The van der Waals surface area contributed by atoms with Gasteiger partial charge in [0.05, 0.1) is 17.3 Å². The molecule has 0 fully saturated rings. The van der Waals surface area contributed by atoms with Gasteiger partial charge in [0.1, 0.15) is 30.2 Å². The quantitative estimate of drug-likeness (QED) is 0.267. The molecule has 4 rings (SSSR count). The maximum Gasteiger partial charge on any atom is 0.255 e. The summed E-state index contributed by atoms with van der Waals surface area (Å²) in [5.74, 6) is -1.41. The number of carbonyl (C=O) groups is 4. The molecule has 0 bridgehead atoms. The van der Waals surface area contributed by atoms with E-state index in [0.717, 1.165) is 22.5 Å². The summed E-state index contributed by atoms with van der Waals surface area (Å²) in [7, 11) is 1.87. The molecule has 0 saturated heterocycles. The monoisotopic (exact) mass is 632 g/mol. The lowest BCUT2D eigenvalue weighted by Crippen LogP contribution is -2.53. The van der Waals surface area contributed by atoms with Gasteiger partial charge in [-0.1, -0.05) is 38.1 Å². The number of carbonyl (C=O) groups excluding carboxylic acids is 4. The Kier molecular flexibility index (Phi) is 11.4. The van der Waals surface area contributed by atoms with Crippen LogP contribution in [0.25, 0.3) is 0 Å². The zero-order chi connectivity index (χ0) is 33.4. The summed E-state index contributed by atoms with van der Waals surface area (Å²) >= 11 is 0. The van der Waals surface area contributed by atoms with Gasteiger partial charge >= 0.3 is 0 Å². The number of hydrogen-bond acceptors (Lipinski definition) is 7. The average Bonchev–Trinajstić information content (AvgIpc) is 3.26. The van der Waals surface area contributed by atoms with Crippen LogP contribution in [0.15, 0.2) is 48.5 Å². The summed E-state index contributed by atoms with van der Waals surface area (Å²) < 4.78 is 7.87. The number of phenolic OH excluding ortho intramolecular Hbond substituents is 1. The van der Waals surface area contributed by atoms with Gasteiger partial charge in [-0.05, 0) is 68.0 Å². The number of para-hydroxylation sites is 1. The van der Waals surface area contributed by atoms with Crippen molar-refractivity contribution in [2.75, 3.05) is 13.2 Å². The molecule has 46 heavy (non-hydrogen) atoms. The molecule has 246 valence electrons. The van der Waals surface area contributed by atoms with E-state index in [1.54, 1.807) is 41.1 Å². The Balaban J connectivity index is 1.58. The maximum atomic E-state index is 13.6. The molecule has 0 saturated carbocycles. The molecule has 12 nitrogen and oxygen atoms in total. The van der Waals surface area contributed by atoms with E-state index in [2.05, 4.69) is 26.4 Å². The Morgan fingerprint density at radius 1 is 1.07 bits per heavy atom. The first kappa shape index (κ1) is 34.0. The molecule has 2 heterocycles. The van der Waals surface area contributed by atoms with Gasteiger partial charge in [0, 0.05) is 32.1 Å². The highest BCUT2D eigenvalue weighted by Gasteiger charge is 2.29. The van der Waals surface area contributed by atoms with Gasteiger partial charge in [-0.2, -0.15) is 5.10 Å². The Hall–Kier alpha value is -4.87. The summed E-state index contributed by atoms with van der Waals surface area (Å²) in [5.41, 5.74) is 3.91. The minimum absolute atomic E-state index is 0.000450. The van der Waals surface area contributed by atoms with Crippen LogP contribution in [0.5, 0.6) is 11.5 Å². The summed E-state index contributed by atoms with van der Waals surface area (Å²) in [5, 5.41) is 25.7. The number of aryl methyl sites for hydroxylation is 2. The number of hydrogen-bond donors (Lipinski definition) is 5. The number of aromatic nitrogens is 2. The smallest absolute Gasteiger partial charge is 0.255 e. The van der Waals surface area contributed by atoms with Crippen LogP contribution in [0.4, 0.5) is 0 Å². The van der Waals surface area contributed by atoms with Gasteiger partial charge in [0.15, 0.2) is 0 Å². The Morgan fingerprint density at radius 3 is 2.46 bits per heavy atom. The number of rotatable bonds is 7. The van der Waals surface area contributed by atoms with Crippen molar-refractivity contribution in [2.24, 2.45) is 13.0 Å². The zero-order valence-electron chi connectivity index (χ0n) is 27.1. The van der Waals surface area contributed by atoms with Gasteiger partial charge in [-0.3, -0.25) is 23.9 Å². The third-order valence-corrected chi connectivity index (χ3v) is 8.33. The van der Waals surface area contributed by atoms with Crippen LogP contribution in [0.3, 0.4) is 0 Å². The molecule has 1 aliphatic heterocycles. The van der Waals surface area contributed by atoms with E-state index >= 15 is 0 Å². The fourth-order valence-corrected chi connectivity index (χ4v) is 5.38. The minimum atomic E-state index is -1.03. The van der Waals surface area contributed by atoms with Crippen molar-refractivity contribution in [2.45, 2.75) is 71.5 Å². The highest BCUT2D eigenvalue weighted by atomic mass is 16.5. The van der Waals surface area contributed by atoms with Gasteiger partial charge in [-0.15, -0.1) is 0 Å². The van der Waals surface area contributed by atoms with E-state index in [1.165, 1.54) is 12.1 Å². The molecule has 1 aromatic heterocycles. The van der Waals surface area contributed by atoms with Crippen molar-refractivity contribution in [3.8, 4) is 11.5 Å². The molecule has 1 aliphatic rings. The second kappa shape index (κ2) is 15.4. The molecule has 5 N–H and O–H groups in total. The first-order valence-electron chi connectivity index (χ1n) is 15.6. The maximum absolute atomic E-state index is 13.6. The van der Waals surface area contributed by atoms with Crippen molar-refractivity contribution in [1.82, 2.24) is 31.0 Å². The lowest BCUT2D eigenvalue weighted by molar-refractivity contribution is -0.130. The molecular formula is C34H44N6O6. The zero-order valence-corrected chi connectivity index (χ0v) is 27.1. The molecule has 3 aromatic rings. The van der Waals surface area contributed by atoms with Crippen LogP contribution in [0, 0.1) is 19.8 Å². The van der Waals surface area contributed by atoms with Crippen molar-refractivity contribution in [1.29, 1.82) is 0 Å². The molecule has 0 radical (unpaired) electrons.